The van der Waals surface area contributed by atoms with Crippen LogP contribution in [0.15, 0.2) is 18.2 Å². The van der Waals surface area contributed by atoms with Gasteiger partial charge in [0.2, 0.25) is 5.91 Å². The molecular formula is C11H13F2N3O2. The Morgan fingerprint density at radius 1 is 1.39 bits per heavy atom. The SMILES string of the molecule is CC(NCc1ccc(F)cc1F)C(=O)NC(N)=O. The van der Waals surface area contributed by atoms with Gasteiger partial charge in [0, 0.05) is 18.2 Å². The molecule has 0 saturated carbocycles. The van der Waals surface area contributed by atoms with Crippen LogP contribution in [0.2, 0.25) is 0 Å². The number of nitrogens with one attached hydrogen (secondary N) is 2. The number of rotatable bonds is 4. The Balaban J connectivity index is 2.54. The van der Waals surface area contributed by atoms with Crippen molar-refractivity contribution in [3.63, 3.8) is 0 Å². The molecule has 0 aromatic heterocycles. The van der Waals surface area contributed by atoms with Gasteiger partial charge in [-0.05, 0) is 13.0 Å². The normalized spacial score (nSPS) is 11.9. The molecule has 5 nitrogen and oxygen atoms in total. The molecule has 1 aromatic rings. The lowest BCUT2D eigenvalue weighted by atomic mass is 10.2. The number of benzene rings is 1. The van der Waals surface area contributed by atoms with Crippen molar-refractivity contribution in [1.29, 1.82) is 0 Å². The minimum absolute atomic E-state index is 0.0272. The number of amides is 3. The van der Waals surface area contributed by atoms with Gasteiger partial charge in [0.15, 0.2) is 0 Å². The number of primary amides is 1. The van der Waals surface area contributed by atoms with E-state index in [1.54, 1.807) is 0 Å². The third-order valence-electron chi connectivity index (χ3n) is 2.25. The maximum Gasteiger partial charge on any atom is 0.318 e. The smallest absolute Gasteiger partial charge is 0.318 e. The highest BCUT2D eigenvalue weighted by molar-refractivity contribution is 5.96. The maximum atomic E-state index is 13.3. The molecule has 1 rings (SSSR count). The summed E-state index contributed by atoms with van der Waals surface area (Å²) >= 11 is 0. The number of hydrogen-bond donors (Lipinski definition) is 3. The molecule has 0 aliphatic carbocycles. The second-order valence-corrected chi connectivity index (χ2v) is 3.69. The van der Waals surface area contributed by atoms with Crippen LogP contribution in [0, 0.1) is 11.6 Å². The molecule has 0 heterocycles. The van der Waals surface area contributed by atoms with Crippen LogP contribution >= 0.6 is 0 Å². The topological polar surface area (TPSA) is 84.2 Å². The number of urea groups is 1. The van der Waals surface area contributed by atoms with E-state index in [0.29, 0.717) is 0 Å². The van der Waals surface area contributed by atoms with Gasteiger partial charge >= 0.3 is 6.03 Å². The fraction of sp³-hybridized carbons (Fsp3) is 0.273. The second-order valence-electron chi connectivity index (χ2n) is 3.69. The van der Waals surface area contributed by atoms with Crippen molar-refractivity contribution in [3.8, 4) is 0 Å². The van der Waals surface area contributed by atoms with Crippen LogP contribution in [-0.2, 0) is 11.3 Å². The van der Waals surface area contributed by atoms with E-state index in [1.807, 2.05) is 5.32 Å². The van der Waals surface area contributed by atoms with E-state index in [0.717, 1.165) is 12.1 Å². The molecule has 4 N–H and O–H groups in total. The predicted octanol–water partition coefficient (Wildman–Crippen LogP) is 0.638. The molecule has 0 radical (unpaired) electrons. The van der Waals surface area contributed by atoms with Gasteiger partial charge in [-0.1, -0.05) is 6.07 Å². The summed E-state index contributed by atoms with van der Waals surface area (Å²) in [5, 5.41) is 4.57. The predicted molar refractivity (Wildman–Crippen MR) is 60.4 cm³/mol. The summed E-state index contributed by atoms with van der Waals surface area (Å²) < 4.78 is 25.9. The van der Waals surface area contributed by atoms with Gasteiger partial charge in [-0.3, -0.25) is 10.1 Å². The average molecular weight is 257 g/mol. The third-order valence-corrected chi connectivity index (χ3v) is 2.25. The van der Waals surface area contributed by atoms with Crippen molar-refractivity contribution >= 4 is 11.9 Å². The summed E-state index contributed by atoms with van der Waals surface area (Å²) in [5.74, 6) is -1.99. The lowest BCUT2D eigenvalue weighted by Gasteiger charge is -2.12. The van der Waals surface area contributed by atoms with Gasteiger partial charge in [0.1, 0.15) is 11.6 Å². The first-order chi connectivity index (χ1) is 8.40. The van der Waals surface area contributed by atoms with Crippen LogP contribution in [0.25, 0.3) is 0 Å². The highest BCUT2D eigenvalue weighted by Crippen LogP contribution is 2.09. The van der Waals surface area contributed by atoms with Crippen molar-refractivity contribution in [2.45, 2.75) is 19.5 Å². The van der Waals surface area contributed by atoms with Crippen LogP contribution in [-0.4, -0.2) is 18.0 Å². The first kappa shape index (κ1) is 14.0. The summed E-state index contributed by atoms with van der Waals surface area (Å²) in [4.78, 5) is 21.7. The van der Waals surface area contributed by atoms with E-state index in [1.165, 1.54) is 13.0 Å². The fourth-order valence-corrected chi connectivity index (χ4v) is 1.25. The molecule has 1 aromatic carbocycles. The molecule has 0 saturated heterocycles. The maximum absolute atomic E-state index is 13.3. The molecule has 0 fully saturated rings. The Hall–Kier alpha value is -2.02. The van der Waals surface area contributed by atoms with Crippen LogP contribution < -0.4 is 16.4 Å². The molecule has 0 aliphatic heterocycles. The quantitative estimate of drug-likeness (QED) is 0.740. The number of carbonyl (C=O) groups excluding carboxylic acids is 2. The third kappa shape index (κ3) is 4.10. The lowest BCUT2D eigenvalue weighted by molar-refractivity contribution is -0.121. The number of nitrogens with two attached hydrogens (primary N) is 1. The Labute approximate surface area is 102 Å². The van der Waals surface area contributed by atoms with Crippen molar-refractivity contribution < 1.29 is 18.4 Å². The van der Waals surface area contributed by atoms with Crippen molar-refractivity contribution in [2.75, 3.05) is 0 Å². The average Bonchev–Trinajstić information content (AvgIpc) is 2.26. The summed E-state index contributed by atoms with van der Waals surface area (Å²) in [6, 6.07) is 1.46. The highest BCUT2D eigenvalue weighted by Gasteiger charge is 2.14. The molecule has 18 heavy (non-hydrogen) atoms. The number of carbonyl (C=O) groups is 2. The molecule has 1 unspecified atom stereocenters. The van der Waals surface area contributed by atoms with Crippen molar-refractivity contribution in [2.24, 2.45) is 5.73 Å². The van der Waals surface area contributed by atoms with E-state index in [4.69, 9.17) is 5.73 Å². The van der Waals surface area contributed by atoms with E-state index in [-0.39, 0.29) is 12.1 Å². The summed E-state index contributed by atoms with van der Waals surface area (Å²) in [5.41, 5.74) is 5.00. The van der Waals surface area contributed by atoms with Gasteiger partial charge < -0.3 is 11.1 Å². The van der Waals surface area contributed by atoms with Crippen LogP contribution in [0.3, 0.4) is 0 Å². The molecule has 0 bridgehead atoms. The fourth-order valence-electron chi connectivity index (χ4n) is 1.25. The summed E-state index contributed by atoms with van der Waals surface area (Å²) in [6.07, 6.45) is 0. The molecule has 0 aliphatic rings. The minimum atomic E-state index is -0.957. The van der Waals surface area contributed by atoms with E-state index in [2.05, 4.69) is 5.32 Å². The second kappa shape index (κ2) is 6.06. The Bertz CT molecular complexity index is 466. The monoisotopic (exact) mass is 257 g/mol. The Morgan fingerprint density at radius 3 is 2.61 bits per heavy atom. The van der Waals surface area contributed by atoms with Gasteiger partial charge in [-0.15, -0.1) is 0 Å². The largest absolute Gasteiger partial charge is 0.351 e. The van der Waals surface area contributed by atoms with Gasteiger partial charge in [0.05, 0.1) is 6.04 Å². The van der Waals surface area contributed by atoms with Crippen LogP contribution in [0.4, 0.5) is 13.6 Å². The van der Waals surface area contributed by atoms with Gasteiger partial charge in [-0.2, -0.15) is 0 Å². The zero-order valence-electron chi connectivity index (χ0n) is 9.67. The van der Waals surface area contributed by atoms with Crippen molar-refractivity contribution in [3.05, 3.63) is 35.4 Å². The van der Waals surface area contributed by atoms with E-state index < -0.39 is 29.6 Å². The van der Waals surface area contributed by atoms with Crippen LogP contribution in [0.1, 0.15) is 12.5 Å². The number of imide groups is 1. The zero-order valence-corrected chi connectivity index (χ0v) is 9.67. The molecule has 98 valence electrons. The molecular weight excluding hydrogens is 244 g/mol. The molecule has 0 spiro atoms. The van der Waals surface area contributed by atoms with Gasteiger partial charge in [-0.25, -0.2) is 13.6 Å². The zero-order chi connectivity index (χ0) is 13.7. The standard InChI is InChI=1S/C11H13F2N3O2/c1-6(10(17)16-11(14)18)15-5-7-2-3-8(12)4-9(7)13/h2-4,6,15H,5H2,1H3,(H3,14,16,17,18). The number of hydrogen-bond acceptors (Lipinski definition) is 3. The lowest BCUT2D eigenvalue weighted by Crippen LogP contribution is -2.46. The molecule has 3 amide bonds. The first-order valence-electron chi connectivity index (χ1n) is 5.17. The first-order valence-corrected chi connectivity index (χ1v) is 5.17. The Kier molecular flexibility index (Phi) is 4.73. The molecule has 1 atom stereocenters. The van der Waals surface area contributed by atoms with Crippen molar-refractivity contribution in [1.82, 2.24) is 10.6 Å². The summed E-state index contributed by atoms with van der Waals surface area (Å²) in [7, 11) is 0. The number of halogens is 2. The van der Waals surface area contributed by atoms with Gasteiger partial charge in [0.25, 0.3) is 0 Å². The highest BCUT2D eigenvalue weighted by atomic mass is 19.1. The summed E-state index contributed by atoms with van der Waals surface area (Å²) in [6.45, 7) is 1.51. The molecule has 7 heteroatoms. The Morgan fingerprint density at radius 2 is 2.06 bits per heavy atom. The van der Waals surface area contributed by atoms with E-state index >= 15 is 0 Å². The van der Waals surface area contributed by atoms with E-state index in [9.17, 15) is 18.4 Å². The minimum Gasteiger partial charge on any atom is -0.351 e. The van der Waals surface area contributed by atoms with Crippen LogP contribution in [0.5, 0.6) is 0 Å².